The Balaban J connectivity index is 1.60. The lowest BCUT2D eigenvalue weighted by Crippen LogP contribution is -2.17. The Kier molecular flexibility index (Phi) is 5.92. The molecule has 1 unspecified atom stereocenters. The topological polar surface area (TPSA) is 56.5 Å². The molecule has 1 aromatic carbocycles. The number of rotatable bonds is 8. The largest absolute Gasteiger partial charge is 0.493 e. The number of benzene rings is 1. The van der Waals surface area contributed by atoms with Gasteiger partial charge in [0.2, 0.25) is 0 Å². The molecule has 0 spiro atoms. The van der Waals surface area contributed by atoms with Crippen molar-refractivity contribution in [2.24, 2.45) is 0 Å². The number of furan rings is 1. The van der Waals surface area contributed by atoms with Gasteiger partial charge in [-0.2, -0.15) is 0 Å². The first-order valence-electron chi connectivity index (χ1n) is 8.64. The molecule has 1 N–H and O–H groups in total. The summed E-state index contributed by atoms with van der Waals surface area (Å²) in [5.41, 5.74) is 2.18. The maximum atomic E-state index is 5.88. The van der Waals surface area contributed by atoms with Gasteiger partial charge < -0.3 is 19.2 Å². The van der Waals surface area contributed by atoms with Crippen LogP contribution in [0.25, 0.3) is 0 Å². The van der Waals surface area contributed by atoms with E-state index in [-0.39, 0.29) is 6.04 Å². The molecule has 0 fully saturated rings. The third-order valence-electron chi connectivity index (χ3n) is 4.17. The van der Waals surface area contributed by atoms with Crippen LogP contribution in [0.4, 0.5) is 0 Å². The van der Waals surface area contributed by atoms with Crippen molar-refractivity contribution < 1.29 is 13.9 Å². The number of nitrogens with one attached hydrogen (secondary N) is 1. The quantitative estimate of drug-likeness (QED) is 0.650. The van der Waals surface area contributed by atoms with Crippen molar-refractivity contribution in [1.82, 2.24) is 10.3 Å². The highest BCUT2D eigenvalue weighted by atomic mass is 16.5. The summed E-state index contributed by atoms with van der Waals surface area (Å²) >= 11 is 0. The molecule has 3 rings (SSSR count). The van der Waals surface area contributed by atoms with E-state index in [1.807, 2.05) is 49.4 Å². The first-order chi connectivity index (χ1) is 12.7. The molecule has 0 bridgehead atoms. The Morgan fingerprint density at radius 2 is 1.85 bits per heavy atom. The number of ether oxygens (including phenoxy) is 2. The molecule has 0 saturated heterocycles. The summed E-state index contributed by atoms with van der Waals surface area (Å²) in [7, 11) is 1.65. The maximum Gasteiger partial charge on any atom is 0.161 e. The van der Waals surface area contributed by atoms with Crippen molar-refractivity contribution >= 4 is 0 Å². The van der Waals surface area contributed by atoms with E-state index in [0.717, 1.165) is 34.1 Å². The van der Waals surface area contributed by atoms with Crippen LogP contribution in [0.5, 0.6) is 11.5 Å². The van der Waals surface area contributed by atoms with E-state index < -0.39 is 0 Å². The minimum atomic E-state index is 0.136. The Hall–Kier alpha value is -2.79. The van der Waals surface area contributed by atoms with E-state index in [9.17, 15) is 0 Å². The van der Waals surface area contributed by atoms with Crippen LogP contribution in [0.2, 0.25) is 0 Å². The first kappa shape index (κ1) is 18.0. The number of hydrogen-bond donors (Lipinski definition) is 1. The molecular weight excluding hydrogens is 328 g/mol. The van der Waals surface area contributed by atoms with Crippen molar-refractivity contribution in [2.45, 2.75) is 33.0 Å². The smallest absolute Gasteiger partial charge is 0.161 e. The molecule has 0 aliphatic carbocycles. The van der Waals surface area contributed by atoms with E-state index in [2.05, 4.69) is 17.2 Å². The number of hydrogen-bond acceptors (Lipinski definition) is 5. The highest BCUT2D eigenvalue weighted by Crippen LogP contribution is 2.29. The van der Waals surface area contributed by atoms with Gasteiger partial charge in [-0.15, -0.1) is 0 Å². The molecule has 136 valence electrons. The predicted octanol–water partition coefficient (Wildman–Crippen LogP) is 4.42. The van der Waals surface area contributed by atoms with Crippen LogP contribution >= 0.6 is 0 Å². The Labute approximate surface area is 154 Å². The highest BCUT2D eigenvalue weighted by molar-refractivity contribution is 5.43. The summed E-state index contributed by atoms with van der Waals surface area (Å²) in [6.07, 6.45) is 3.51. The number of methoxy groups -OCH3 is 1. The number of aromatic nitrogens is 1. The average Bonchev–Trinajstić information content (AvgIpc) is 3.12. The SMILES string of the molecule is COc1cc(CNC(C)c2ccc(C)o2)ccc1OCc1ccncc1. The van der Waals surface area contributed by atoms with Crippen molar-refractivity contribution in [2.75, 3.05) is 7.11 Å². The lowest BCUT2D eigenvalue weighted by Gasteiger charge is -2.14. The summed E-state index contributed by atoms with van der Waals surface area (Å²) in [5.74, 6) is 3.31. The lowest BCUT2D eigenvalue weighted by atomic mass is 10.1. The molecule has 1 atom stereocenters. The zero-order valence-corrected chi connectivity index (χ0v) is 15.4. The number of aryl methyl sites for hydroxylation is 1. The molecular formula is C21H24N2O3. The van der Waals surface area contributed by atoms with E-state index in [1.165, 1.54) is 0 Å². The normalized spacial score (nSPS) is 12.0. The van der Waals surface area contributed by atoms with Crippen molar-refractivity contribution in [3.8, 4) is 11.5 Å². The number of nitrogens with zero attached hydrogens (tertiary/aromatic N) is 1. The summed E-state index contributed by atoms with van der Waals surface area (Å²) in [4.78, 5) is 4.01. The molecule has 0 radical (unpaired) electrons. The van der Waals surface area contributed by atoms with Crippen LogP contribution < -0.4 is 14.8 Å². The van der Waals surface area contributed by atoms with Gasteiger partial charge in [-0.05, 0) is 61.4 Å². The van der Waals surface area contributed by atoms with E-state index in [0.29, 0.717) is 13.2 Å². The van der Waals surface area contributed by atoms with Gasteiger partial charge in [-0.25, -0.2) is 0 Å². The van der Waals surface area contributed by atoms with E-state index >= 15 is 0 Å². The Morgan fingerprint density at radius 1 is 1.04 bits per heavy atom. The van der Waals surface area contributed by atoms with Gasteiger partial charge in [0.1, 0.15) is 18.1 Å². The van der Waals surface area contributed by atoms with Crippen molar-refractivity contribution in [1.29, 1.82) is 0 Å². The maximum absolute atomic E-state index is 5.88. The van der Waals surface area contributed by atoms with Crippen LogP contribution in [0.1, 0.15) is 35.6 Å². The van der Waals surface area contributed by atoms with E-state index in [1.54, 1.807) is 19.5 Å². The molecule has 0 amide bonds. The molecule has 0 aliphatic heterocycles. The monoisotopic (exact) mass is 352 g/mol. The molecule has 26 heavy (non-hydrogen) atoms. The third kappa shape index (κ3) is 4.64. The molecule has 3 aromatic rings. The second kappa shape index (κ2) is 8.54. The lowest BCUT2D eigenvalue weighted by molar-refractivity contribution is 0.284. The molecule has 2 heterocycles. The molecule has 2 aromatic heterocycles. The fourth-order valence-corrected chi connectivity index (χ4v) is 2.64. The van der Waals surface area contributed by atoms with Gasteiger partial charge in [0.05, 0.1) is 13.2 Å². The van der Waals surface area contributed by atoms with Crippen molar-refractivity contribution in [3.05, 3.63) is 77.5 Å². The fraction of sp³-hybridized carbons (Fsp3) is 0.286. The highest BCUT2D eigenvalue weighted by Gasteiger charge is 2.10. The average molecular weight is 352 g/mol. The van der Waals surface area contributed by atoms with Crippen LogP contribution in [-0.2, 0) is 13.2 Å². The van der Waals surface area contributed by atoms with Crippen LogP contribution in [0, 0.1) is 6.92 Å². The van der Waals surface area contributed by atoms with Crippen LogP contribution in [-0.4, -0.2) is 12.1 Å². The minimum Gasteiger partial charge on any atom is -0.493 e. The predicted molar refractivity (Wildman–Crippen MR) is 100 cm³/mol. The first-order valence-corrected chi connectivity index (χ1v) is 8.64. The zero-order chi connectivity index (χ0) is 18.4. The molecule has 5 nitrogen and oxygen atoms in total. The second-order valence-electron chi connectivity index (χ2n) is 6.18. The fourth-order valence-electron chi connectivity index (χ4n) is 2.64. The van der Waals surface area contributed by atoms with Gasteiger partial charge in [0.25, 0.3) is 0 Å². The van der Waals surface area contributed by atoms with Gasteiger partial charge in [-0.1, -0.05) is 6.07 Å². The van der Waals surface area contributed by atoms with Gasteiger partial charge >= 0.3 is 0 Å². The molecule has 0 saturated carbocycles. The summed E-state index contributed by atoms with van der Waals surface area (Å²) in [6, 6.07) is 14.0. The van der Waals surface area contributed by atoms with Gasteiger partial charge in [0, 0.05) is 18.9 Å². The minimum absolute atomic E-state index is 0.136. The summed E-state index contributed by atoms with van der Waals surface area (Å²) in [5, 5.41) is 3.46. The molecule has 5 heteroatoms. The van der Waals surface area contributed by atoms with Crippen molar-refractivity contribution in [3.63, 3.8) is 0 Å². The van der Waals surface area contributed by atoms with Crippen LogP contribution in [0.15, 0.2) is 59.3 Å². The number of pyridine rings is 1. The summed E-state index contributed by atoms with van der Waals surface area (Å²) < 4.78 is 17.0. The van der Waals surface area contributed by atoms with Gasteiger partial charge in [-0.3, -0.25) is 4.98 Å². The second-order valence-corrected chi connectivity index (χ2v) is 6.18. The molecule has 0 aliphatic rings. The van der Waals surface area contributed by atoms with Crippen LogP contribution in [0.3, 0.4) is 0 Å². The van der Waals surface area contributed by atoms with Gasteiger partial charge in [0.15, 0.2) is 11.5 Å². The Morgan fingerprint density at radius 3 is 2.54 bits per heavy atom. The third-order valence-corrected chi connectivity index (χ3v) is 4.17. The Bertz CT molecular complexity index is 830. The standard InChI is InChI=1S/C21H24N2O3/c1-15-4-6-19(26-15)16(2)23-13-18-5-7-20(21(12-18)24-3)25-14-17-8-10-22-11-9-17/h4-12,16,23H,13-14H2,1-3H3. The zero-order valence-electron chi connectivity index (χ0n) is 15.4. The van der Waals surface area contributed by atoms with E-state index in [4.69, 9.17) is 13.9 Å². The summed E-state index contributed by atoms with van der Waals surface area (Å²) in [6.45, 7) is 5.22.